The molecule has 0 aromatic heterocycles. The Kier molecular flexibility index (Phi) is 5.82. The summed E-state index contributed by atoms with van der Waals surface area (Å²) in [6, 6.07) is 10.8. The molecule has 0 unspecified atom stereocenters. The lowest BCUT2D eigenvalue weighted by Crippen LogP contribution is -1.99. The molecule has 0 bridgehead atoms. The number of methoxy groups -OCH3 is 3. The first-order valence-electron chi connectivity index (χ1n) is 6.87. The standard InChI is InChI=1S/C18H17BrO4/c1-21-13-7-4-12(5-8-13)6-9-16(20)14-10-17(22-2)18(23-3)11-15(14)19/h4-11H,1-3H3. The zero-order valence-corrected chi connectivity index (χ0v) is 14.7. The van der Waals surface area contributed by atoms with E-state index in [1.807, 2.05) is 24.3 Å². The second-order valence-electron chi connectivity index (χ2n) is 4.66. The Morgan fingerprint density at radius 3 is 2.13 bits per heavy atom. The normalized spacial score (nSPS) is 10.6. The molecule has 0 heterocycles. The lowest BCUT2D eigenvalue weighted by molar-refractivity contribution is 0.104. The van der Waals surface area contributed by atoms with E-state index in [9.17, 15) is 4.79 Å². The van der Waals surface area contributed by atoms with Crippen molar-refractivity contribution >= 4 is 27.8 Å². The fourth-order valence-electron chi connectivity index (χ4n) is 2.02. The van der Waals surface area contributed by atoms with Crippen LogP contribution in [0.1, 0.15) is 15.9 Å². The van der Waals surface area contributed by atoms with Crippen molar-refractivity contribution in [2.45, 2.75) is 0 Å². The molecule has 0 radical (unpaired) electrons. The van der Waals surface area contributed by atoms with Gasteiger partial charge in [-0.25, -0.2) is 0 Å². The van der Waals surface area contributed by atoms with Gasteiger partial charge in [-0.15, -0.1) is 0 Å². The summed E-state index contributed by atoms with van der Waals surface area (Å²) in [7, 11) is 4.70. The fourth-order valence-corrected chi connectivity index (χ4v) is 2.54. The Morgan fingerprint density at radius 2 is 1.57 bits per heavy atom. The first-order chi connectivity index (χ1) is 11.1. The van der Waals surface area contributed by atoms with E-state index in [-0.39, 0.29) is 5.78 Å². The topological polar surface area (TPSA) is 44.8 Å². The third-order valence-electron chi connectivity index (χ3n) is 3.28. The number of allylic oxidation sites excluding steroid dienone is 1. The smallest absolute Gasteiger partial charge is 0.187 e. The van der Waals surface area contributed by atoms with Crippen molar-refractivity contribution in [3.63, 3.8) is 0 Å². The largest absolute Gasteiger partial charge is 0.497 e. The maximum atomic E-state index is 12.4. The summed E-state index contributed by atoms with van der Waals surface area (Å²) in [5.41, 5.74) is 1.42. The number of hydrogen-bond donors (Lipinski definition) is 0. The van der Waals surface area contributed by atoms with Gasteiger partial charge in [0.1, 0.15) is 5.75 Å². The number of ether oxygens (including phenoxy) is 3. The molecule has 0 saturated carbocycles. The Bertz CT molecular complexity index is 721. The van der Waals surface area contributed by atoms with Crippen LogP contribution in [-0.4, -0.2) is 27.1 Å². The van der Waals surface area contributed by atoms with Gasteiger partial charge in [-0.1, -0.05) is 18.2 Å². The van der Waals surface area contributed by atoms with E-state index >= 15 is 0 Å². The SMILES string of the molecule is COc1ccc(C=CC(=O)c2cc(OC)c(OC)cc2Br)cc1. The van der Waals surface area contributed by atoms with E-state index in [4.69, 9.17) is 14.2 Å². The predicted molar refractivity (Wildman–Crippen MR) is 93.6 cm³/mol. The van der Waals surface area contributed by atoms with Gasteiger partial charge in [0.05, 0.1) is 21.3 Å². The maximum Gasteiger partial charge on any atom is 0.187 e. The van der Waals surface area contributed by atoms with E-state index < -0.39 is 0 Å². The summed E-state index contributed by atoms with van der Waals surface area (Å²) in [6.07, 6.45) is 3.28. The quantitative estimate of drug-likeness (QED) is 0.554. The van der Waals surface area contributed by atoms with E-state index in [0.29, 0.717) is 21.5 Å². The summed E-state index contributed by atoms with van der Waals surface area (Å²) >= 11 is 3.39. The number of ketones is 1. The van der Waals surface area contributed by atoms with Crippen LogP contribution in [-0.2, 0) is 0 Å². The Hall–Kier alpha value is -2.27. The lowest BCUT2D eigenvalue weighted by Gasteiger charge is -2.10. The van der Waals surface area contributed by atoms with Crippen LogP contribution < -0.4 is 14.2 Å². The van der Waals surface area contributed by atoms with E-state index in [0.717, 1.165) is 11.3 Å². The number of carbonyl (C=O) groups excluding carboxylic acids is 1. The molecule has 0 aliphatic rings. The van der Waals surface area contributed by atoms with Crippen LogP contribution in [0, 0.1) is 0 Å². The third kappa shape index (κ3) is 4.13. The molecule has 0 aliphatic carbocycles. The molecule has 5 heteroatoms. The van der Waals surface area contributed by atoms with Crippen LogP contribution in [0.15, 0.2) is 46.9 Å². The first kappa shape index (κ1) is 17.1. The van der Waals surface area contributed by atoms with Gasteiger partial charge in [-0.2, -0.15) is 0 Å². The Morgan fingerprint density at radius 1 is 0.957 bits per heavy atom. The molecule has 0 spiro atoms. The van der Waals surface area contributed by atoms with E-state index in [1.165, 1.54) is 13.2 Å². The van der Waals surface area contributed by atoms with Crippen molar-refractivity contribution < 1.29 is 19.0 Å². The number of hydrogen-bond acceptors (Lipinski definition) is 4. The Balaban J connectivity index is 2.24. The summed E-state index contributed by atoms with van der Waals surface area (Å²) < 4.78 is 16.2. The van der Waals surface area contributed by atoms with Gasteiger partial charge in [0, 0.05) is 10.0 Å². The molecule has 23 heavy (non-hydrogen) atoms. The molecular formula is C18H17BrO4. The van der Waals surface area contributed by atoms with Crippen molar-refractivity contribution in [3.05, 3.63) is 58.1 Å². The molecule has 2 rings (SSSR count). The van der Waals surface area contributed by atoms with Crippen molar-refractivity contribution in [2.24, 2.45) is 0 Å². The van der Waals surface area contributed by atoms with E-state index in [1.54, 1.807) is 32.4 Å². The van der Waals surface area contributed by atoms with Crippen molar-refractivity contribution in [1.82, 2.24) is 0 Å². The van der Waals surface area contributed by atoms with Crippen molar-refractivity contribution in [2.75, 3.05) is 21.3 Å². The van der Waals surface area contributed by atoms with Gasteiger partial charge < -0.3 is 14.2 Å². The highest BCUT2D eigenvalue weighted by atomic mass is 79.9. The molecular weight excluding hydrogens is 360 g/mol. The van der Waals surface area contributed by atoms with Crippen LogP contribution in [0.25, 0.3) is 6.08 Å². The minimum atomic E-state index is -0.131. The second-order valence-corrected chi connectivity index (χ2v) is 5.51. The monoisotopic (exact) mass is 376 g/mol. The summed E-state index contributed by atoms with van der Waals surface area (Å²) in [6.45, 7) is 0. The van der Waals surface area contributed by atoms with Gasteiger partial charge >= 0.3 is 0 Å². The summed E-state index contributed by atoms with van der Waals surface area (Å²) in [4.78, 5) is 12.4. The molecule has 0 saturated heterocycles. The predicted octanol–water partition coefficient (Wildman–Crippen LogP) is 4.37. The molecule has 0 atom stereocenters. The van der Waals surface area contributed by atoms with Crippen LogP contribution in [0.4, 0.5) is 0 Å². The average Bonchev–Trinajstić information content (AvgIpc) is 2.59. The molecule has 0 fully saturated rings. The number of rotatable bonds is 6. The molecule has 2 aromatic carbocycles. The summed E-state index contributed by atoms with van der Waals surface area (Å²) in [5, 5.41) is 0. The maximum absolute atomic E-state index is 12.4. The fraction of sp³-hybridized carbons (Fsp3) is 0.167. The average molecular weight is 377 g/mol. The zero-order chi connectivity index (χ0) is 16.8. The molecule has 0 amide bonds. The lowest BCUT2D eigenvalue weighted by atomic mass is 10.1. The van der Waals surface area contributed by atoms with Crippen molar-refractivity contribution in [1.29, 1.82) is 0 Å². The van der Waals surface area contributed by atoms with Crippen LogP contribution in [0.2, 0.25) is 0 Å². The number of halogens is 1. The highest BCUT2D eigenvalue weighted by molar-refractivity contribution is 9.10. The van der Waals surface area contributed by atoms with Crippen LogP contribution >= 0.6 is 15.9 Å². The molecule has 2 aromatic rings. The minimum Gasteiger partial charge on any atom is -0.497 e. The van der Waals surface area contributed by atoms with Crippen LogP contribution in [0.5, 0.6) is 17.2 Å². The van der Waals surface area contributed by atoms with Crippen molar-refractivity contribution in [3.8, 4) is 17.2 Å². The third-order valence-corrected chi connectivity index (χ3v) is 3.94. The van der Waals surface area contributed by atoms with Crippen LogP contribution in [0.3, 0.4) is 0 Å². The first-order valence-corrected chi connectivity index (χ1v) is 7.66. The Labute approximate surface area is 143 Å². The molecule has 4 nitrogen and oxygen atoms in total. The molecule has 0 aliphatic heterocycles. The van der Waals surface area contributed by atoms with Gasteiger partial charge in [0.25, 0.3) is 0 Å². The van der Waals surface area contributed by atoms with Gasteiger partial charge in [-0.3, -0.25) is 4.79 Å². The minimum absolute atomic E-state index is 0.131. The van der Waals surface area contributed by atoms with Gasteiger partial charge in [0.15, 0.2) is 17.3 Å². The highest BCUT2D eigenvalue weighted by Crippen LogP contribution is 2.33. The number of benzene rings is 2. The zero-order valence-electron chi connectivity index (χ0n) is 13.1. The molecule has 0 N–H and O–H groups in total. The van der Waals surface area contributed by atoms with Gasteiger partial charge in [-0.05, 0) is 51.8 Å². The van der Waals surface area contributed by atoms with Gasteiger partial charge in [0.2, 0.25) is 0 Å². The highest BCUT2D eigenvalue weighted by Gasteiger charge is 2.13. The molecule has 120 valence electrons. The number of carbonyl (C=O) groups is 1. The summed E-state index contributed by atoms with van der Waals surface area (Å²) in [5.74, 6) is 1.72. The second kappa shape index (κ2) is 7.83. The van der Waals surface area contributed by atoms with E-state index in [2.05, 4.69) is 15.9 Å².